The predicted octanol–water partition coefficient (Wildman–Crippen LogP) is 1.63. The molecule has 0 aliphatic carbocycles. The number of hydrogen-bond acceptors (Lipinski definition) is 6. The van der Waals surface area contributed by atoms with Crippen molar-refractivity contribution >= 4 is 12.1 Å². The first kappa shape index (κ1) is 21.7. The average Bonchev–Trinajstić information content (AvgIpc) is 2.51. The van der Waals surface area contributed by atoms with Crippen LogP contribution in [0.2, 0.25) is 0 Å². The Balaban J connectivity index is 2.66. The summed E-state index contributed by atoms with van der Waals surface area (Å²) in [6.07, 6.45) is -3.14. The molecule has 2 unspecified atom stereocenters. The van der Waals surface area contributed by atoms with Gasteiger partial charge in [0.25, 0.3) is 0 Å². The summed E-state index contributed by atoms with van der Waals surface area (Å²) < 4.78 is 10.2. The minimum absolute atomic E-state index is 0.0979. The molecule has 0 spiro atoms. The van der Waals surface area contributed by atoms with Crippen LogP contribution in [0.25, 0.3) is 0 Å². The summed E-state index contributed by atoms with van der Waals surface area (Å²) in [5, 5.41) is 31.9. The van der Waals surface area contributed by atoms with E-state index in [4.69, 9.17) is 14.6 Å². The number of carboxylic acids is 1. The molecule has 1 aromatic rings. The first-order valence-electron chi connectivity index (χ1n) is 8.25. The van der Waals surface area contributed by atoms with Crippen molar-refractivity contribution in [3.8, 4) is 5.75 Å². The molecule has 0 aromatic heterocycles. The number of aliphatic hydroxyl groups is 2. The molecule has 26 heavy (non-hydrogen) atoms. The summed E-state index contributed by atoms with van der Waals surface area (Å²) in [7, 11) is 1.42. The van der Waals surface area contributed by atoms with Crippen LogP contribution in [0, 0.1) is 0 Å². The van der Waals surface area contributed by atoms with Gasteiger partial charge in [-0.2, -0.15) is 0 Å². The fourth-order valence-corrected chi connectivity index (χ4v) is 2.30. The lowest BCUT2D eigenvalue weighted by Gasteiger charge is -2.21. The number of nitrogens with one attached hydrogen (secondary N) is 1. The molecule has 0 saturated heterocycles. The third-order valence-corrected chi connectivity index (χ3v) is 3.46. The molecule has 8 heteroatoms. The van der Waals surface area contributed by atoms with Gasteiger partial charge in [0.2, 0.25) is 0 Å². The van der Waals surface area contributed by atoms with Gasteiger partial charge in [0, 0.05) is 12.1 Å². The van der Waals surface area contributed by atoms with Crippen LogP contribution in [-0.2, 0) is 16.0 Å². The number of ether oxygens (including phenoxy) is 2. The molecule has 4 N–H and O–H groups in total. The lowest BCUT2D eigenvalue weighted by Crippen LogP contribution is -2.34. The number of hydrogen-bond donors (Lipinski definition) is 4. The van der Waals surface area contributed by atoms with Crippen LogP contribution in [0.1, 0.15) is 44.4 Å². The van der Waals surface area contributed by atoms with Crippen molar-refractivity contribution < 1.29 is 34.4 Å². The summed E-state index contributed by atoms with van der Waals surface area (Å²) >= 11 is 0. The Morgan fingerprint density at radius 1 is 1.23 bits per heavy atom. The van der Waals surface area contributed by atoms with E-state index in [9.17, 15) is 19.8 Å². The molecule has 0 aliphatic rings. The van der Waals surface area contributed by atoms with Crippen molar-refractivity contribution in [2.75, 3.05) is 13.7 Å². The molecule has 0 aliphatic heterocycles. The Hall–Kier alpha value is -2.32. The fraction of sp³-hybridized carbons (Fsp3) is 0.556. The van der Waals surface area contributed by atoms with Gasteiger partial charge >= 0.3 is 12.1 Å². The van der Waals surface area contributed by atoms with E-state index in [1.165, 1.54) is 13.2 Å². The molecule has 0 saturated carbocycles. The highest BCUT2D eigenvalue weighted by Gasteiger charge is 2.21. The molecule has 146 valence electrons. The van der Waals surface area contributed by atoms with E-state index < -0.39 is 29.9 Å². The number of alkyl carbamates (subject to hydrolysis) is 1. The lowest BCUT2D eigenvalue weighted by atomic mass is 9.98. The van der Waals surface area contributed by atoms with Crippen LogP contribution in [0.5, 0.6) is 5.75 Å². The highest BCUT2D eigenvalue weighted by atomic mass is 16.6. The van der Waals surface area contributed by atoms with Crippen molar-refractivity contribution in [2.45, 2.75) is 51.4 Å². The van der Waals surface area contributed by atoms with Crippen LogP contribution >= 0.6 is 0 Å². The van der Waals surface area contributed by atoms with Gasteiger partial charge in [-0.1, -0.05) is 6.07 Å². The quantitative estimate of drug-likeness (QED) is 0.549. The second kappa shape index (κ2) is 9.40. The number of aliphatic hydroxyl groups excluding tert-OH is 2. The van der Waals surface area contributed by atoms with E-state index in [0.29, 0.717) is 16.9 Å². The van der Waals surface area contributed by atoms with Crippen LogP contribution in [0.3, 0.4) is 0 Å². The Bertz CT molecular complexity index is 624. The first-order valence-corrected chi connectivity index (χ1v) is 8.25. The van der Waals surface area contributed by atoms with Crippen LogP contribution < -0.4 is 10.1 Å². The first-order chi connectivity index (χ1) is 12.0. The summed E-state index contributed by atoms with van der Waals surface area (Å²) in [4.78, 5) is 22.5. The lowest BCUT2D eigenvalue weighted by molar-refractivity contribution is -0.136. The Kier molecular flexibility index (Phi) is 7.85. The Morgan fingerprint density at radius 2 is 1.88 bits per heavy atom. The predicted molar refractivity (Wildman–Crippen MR) is 94.2 cm³/mol. The summed E-state index contributed by atoms with van der Waals surface area (Å²) in [5.41, 5.74) is 0.147. The Labute approximate surface area is 152 Å². The normalized spacial score (nSPS) is 13.6. The maximum atomic E-state index is 11.6. The summed E-state index contributed by atoms with van der Waals surface area (Å²) in [6.45, 7) is 5.34. The van der Waals surface area contributed by atoms with Crippen molar-refractivity contribution in [1.82, 2.24) is 5.32 Å². The number of methoxy groups -OCH3 is 1. The third-order valence-electron chi connectivity index (χ3n) is 3.46. The molecule has 1 amide bonds. The molecule has 0 bridgehead atoms. The standard InChI is InChI=1S/C18H27NO7/c1-18(2,3)26-17(24)19-8-7-13(20)16(23)11-5-6-14(25-4)12(9-11)10-15(21)22/h5-6,9,13,16,20,23H,7-8,10H2,1-4H3,(H,19,24)(H,21,22). The minimum atomic E-state index is -1.23. The SMILES string of the molecule is COc1ccc(C(O)C(O)CCNC(=O)OC(C)(C)C)cc1CC(=O)O. The second-order valence-electron chi connectivity index (χ2n) is 6.87. The number of rotatable bonds is 8. The summed E-state index contributed by atoms with van der Waals surface area (Å²) in [5.74, 6) is -0.638. The van der Waals surface area contributed by atoms with E-state index in [2.05, 4.69) is 5.32 Å². The van der Waals surface area contributed by atoms with E-state index >= 15 is 0 Å². The van der Waals surface area contributed by atoms with Gasteiger partial charge in [-0.3, -0.25) is 4.79 Å². The number of carbonyl (C=O) groups excluding carboxylic acids is 1. The van der Waals surface area contributed by atoms with E-state index in [1.807, 2.05) is 0 Å². The molecule has 1 aromatic carbocycles. The van der Waals surface area contributed by atoms with E-state index in [-0.39, 0.29) is 19.4 Å². The van der Waals surface area contributed by atoms with Crippen molar-refractivity contribution in [1.29, 1.82) is 0 Å². The fourth-order valence-electron chi connectivity index (χ4n) is 2.30. The molecular weight excluding hydrogens is 342 g/mol. The highest BCUT2D eigenvalue weighted by Crippen LogP contribution is 2.26. The molecule has 8 nitrogen and oxygen atoms in total. The van der Waals surface area contributed by atoms with Gasteiger partial charge < -0.3 is 30.1 Å². The topological polar surface area (TPSA) is 125 Å². The molecule has 2 atom stereocenters. The Morgan fingerprint density at radius 3 is 2.42 bits per heavy atom. The zero-order valence-corrected chi connectivity index (χ0v) is 15.5. The average molecular weight is 369 g/mol. The van der Waals surface area contributed by atoms with Gasteiger partial charge in [-0.05, 0) is 44.9 Å². The van der Waals surface area contributed by atoms with Gasteiger partial charge in [0.1, 0.15) is 17.5 Å². The number of carboxylic acid groups (broad SMARTS) is 1. The van der Waals surface area contributed by atoms with Gasteiger partial charge in [-0.15, -0.1) is 0 Å². The van der Waals surface area contributed by atoms with Crippen LogP contribution in [0.15, 0.2) is 18.2 Å². The zero-order valence-electron chi connectivity index (χ0n) is 15.5. The van der Waals surface area contributed by atoms with Gasteiger partial charge in [-0.25, -0.2) is 4.79 Å². The number of benzene rings is 1. The van der Waals surface area contributed by atoms with E-state index in [1.54, 1.807) is 32.9 Å². The van der Waals surface area contributed by atoms with Crippen molar-refractivity contribution in [3.63, 3.8) is 0 Å². The monoisotopic (exact) mass is 369 g/mol. The molecule has 0 fully saturated rings. The second-order valence-corrected chi connectivity index (χ2v) is 6.87. The maximum absolute atomic E-state index is 11.6. The largest absolute Gasteiger partial charge is 0.496 e. The van der Waals surface area contributed by atoms with Gasteiger partial charge in [0.05, 0.1) is 19.6 Å². The minimum Gasteiger partial charge on any atom is -0.496 e. The molecule has 1 rings (SSSR count). The highest BCUT2D eigenvalue weighted by molar-refractivity contribution is 5.71. The van der Waals surface area contributed by atoms with E-state index in [0.717, 1.165) is 0 Å². The molecular formula is C18H27NO7. The maximum Gasteiger partial charge on any atom is 0.407 e. The molecule has 0 radical (unpaired) electrons. The zero-order chi connectivity index (χ0) is 19.9. The smallest absolute Gasteiger partial charge is 0.407 e. The van der Waals surface area contributed by atoms with Crippen LogP contribution in [0.4, 0.5) is 4.79 Å². The third kappa shape index (κ3) is 7.28. The van der Waals surface area contributed by atoms with Crippen LogP contribution in [-0.4, -0.2) is 52.7 Å². The molecule has 0 heterocycles. The number of carbonyl (C=O) groups is 2. The van der Waals surface area contributed by atoms with Crippen molar-refractivity contribution in [2.24, 2.45) is 0 Å². The summed E-state index contributed by atoms with van der Waals surface area (Å²) in [6, 6.07) is 4.59. The van der Waals surface area contributed by atoms with Crippen molar-refractivity contribution in [3.05, 3.63) is 29.3 Å². The number of amides is 1. The number of aliphatic carboxylic acids is 1. The van der Waals surface area contributed by atoms with Gasteiger partial charge in [0.15, 0.2) is 0 Å².